The van der Waals surface area contributed by atoms with E-state index in [0.29, 0.717) is 15.7 Å². The third-order valence-electron chi connectivity index (χ3n) is 2.71. The molecule has 18 heavy (non-hydrogen) atoms. The van der Waals surface area contributed by atoms with Crippen LogP contribution >= 0.6 is 15.9 Å². The average Bonchev–Trinajstić information content (AvgIpc) is 2.71. The summed E-state index contributed by atoms with van der Waals surface area (Å²) in [5.74, 6) is -0.0568. The number of aryl methyl sites for hydroxylation is 1. The number of pyridine rings is 1. The molecule has 2 rings (SSSR count). The molecule has 0 N–H and O–H groups in total. The first-order chi connectivity index (χ1) is 8.52. The molecular formula is C13H14BrN3O. The standard InChI is InChI=1S/C13H14BrN3O/c1-8(2)17-12(11(14)7-16-17)13(18)10-5-4-6-15-9(10)3/h4-8H,1-3H3. The Labute approximate surface area is 114 Å². The summed E-state index contributed by atoms with van der Waals surface area (Å²) in [6, 6.07) is 3.69. The van der Waals surface area contributed by atoms with Gasteiger partial charge in [0.25, 0.3) is 0 Å². The van der Waals surface area contributed by atoms with Crippen LogP contribution in [-0.4, -0.2) is 20.5 Å². The second-order valence-electron chi connectivity index (χ2n) is 4.34. The van der Waals surface area contributed by atoms with Gasteiger partial charge in [0, 0.05) is 23.5 Å². The van der Waals surface area contributed by atoms with Gasteiger partial charge in [-0.05, 0) is 48.8 Å². The summed E-state index contributed by atoms with van der Waals surface area (Å²) in [5.41, 5.74) is 1.91. The quantitative estimate of drug-likeness (QED) is 0.818. The van der Waals surface area contributed by atoms with Crippen LogP contribution < -0.4 is 0 Å². The zero-order valence-corrected chi connectivity index (χ0v) is 12.1. The van der Waals surface area contributed by atoms with Crippen LogP contribution in [0.2, 0.25) is 0 Å². The van der Waals surface area contributed by atoms with Crippen molar-refractivity contribution in [3.63, 3.8) is 0 Å². The summed E-state index contributed by atoms with van der Waals surface area (Å²) in [6.45, 7) is 5.82. The minimum absolute atomic E-state index is 0.0568. The molecule has 0 radical (unpaired) electrons. The van der Waals surface area contributed by atoms with Gasteiger partial charge in [-0.15, -0.1) is 0 Å². The normalized spacial score (nSPS) is 10.9. The number of halogens is 1. The highest BCUT2D eigenvalue weighted by Gasteiger charge is 2.21. The third-order valence-corrected chi connectivity index (χ3v) is 3.29. The lowest BCUT2D eigenvalue weighted by atomic mass is 10.1. The second kappa shape index (κ2) is 5.02. The lowest BCUT2D eigenvalue weighted by Gasteiger charge is -2.11. The Hall–Kier alpha value is -1.49. The first-order valence-corrected chi connectivity index (χ1v) is 6.51. The number of carbonyl (C=O) groups is 1. The molecule has 2 aromatic rings. The molecule has 0 unspecified atom stereocenters. The van der Waals surface area contributed by atoms with Crippen molar-refractivity contribution >= 4 is 21.7 Å². The Morgan fingerprint density at radius 2 is 2.17 bits per heavy atom. The number of hydrogen-bond acceptors (Lipinski definition) is 3. The van der Waals surface area contributed by atoms with Crippen molar-refractivity contribution in [2.45, 2.75) is 26.8 Å². The molecule has 0 aliphatic carbocycles. The van der Waals surface area contributed by atoms with Crippen molar-refractivity contribution in [1.29, 1.82) is 0 Å². The van der Waals surface area contributed by atoms with Gasteiger partial charge in [-0.3, -0.25) is 14.5 Å². The fourth-order valence-corrected chi connectivity index (χ4v) is 2.25. The van der Waals surface area contributed by atoms with E-state index in [9.17, 15) is 4.79 Å². The number of hydrogen-bond donors (Lipinski definition) is 0. The summed E-state index contributed by atoms with van der Waals surface area (Å²) >= 11 is 3.38. The Balaban J connectivity index is 2.53. The predicted molar refractivity (Wildman–Crippen MR) is 72.7 cm³/mol. The maximum absolute atomic E-state index is 12.5. The number of aromatic nitrogens is 3. The lowest BCUT2D eigenvalue weighted by molar-refractivity contribution is 0.102. The molecule has 0 saturated carbocycles. The molecule has 94 valence electrons. The van der Waals surface area contributed by atoms with E-state index in [2.05, 4.69) is 26.0 Å². The van der Waals surface area contributed by atoms with Gasteiger partial charge in [0.05, 0.1) is 10.7 Å². The lowest BCUT2D eigenvalue weighted by Crippen LogP contribution is -2.15. The Kier molecular flexibility index (Phi) is 3.61. The van der Waals surface area contributed by atoms with Crippen molar-refractivity contribution in [1.82, 2.24) is 14.8 Å². The summed E-state index contributed by atoms with van der Waals surface area (Å²) in [4.78, 5) is 16.7. The van der Waals surface area contributed by atoms with Crippen LogP contribution in [0, 0.1) is 6.92 Å². The van der Waals surface area contributed by atoms with E-state index < -0.39 is 0 Å². The predicted octanol–water partition coefficient (Wildman–Crippen LogP) is 3.16. The fraction of sp³-hybridized carbons (Fsp3) is 0.308. The molecule has 0 aliphatic rings. The monoisotopic (exact) mass is 307 g/mol. The largest absolute Gasteiger partial charge is 0.287 e. The summed E-state index contributed by atoms with van der Waals surface area (Å²) < 4.78 is 2.43. The van der Waals surface area contributed by atoms with Crippen molar-refractivity contribution in [3.8, 4) is 0 Å². The molecule has 0 atom stereocenters. The minimum atomic E-state index is -0.0568. The highest BCUT2D eigenvalue weighted by Crippen LogP contribution is 2.23. The number of rotatable bonds is 3. The molecule has 2 aromatic heterocycles. The van der Waals surface area contributed by atoms with Gasteiger partial charge in [-0.1, -0.05) is 0 Å². The van der Waals surface area contributed by atoms with Gasteiger partial charge in [0.1, 0.15) is 5.69 Å². The average molecular weight is 308 g/mol. The van der Waals surface area contributed by atoms with Crippen LogP contribution in [-0.2, 0) is 0 Å². The van der Waals surface area contributed by atoms with Crippen molar-refractivity contribution in [2.24, 2.45) is 0 Å². The van der Waals surface area contributed by atoms with Crippen LogP contribution in [0.4, 0.5) is 0 Å². The fourth-order valence-electron chi connectivity index (χ4n) is 1.80. The summed E-state index contributed by atoms with van der Waals surface area (Å²) in [5, 5.41) is 4.22. The van der Waals surface area contributed by atoms with E-state index >= 15 is 0 Å². The molecule has 5 heteroatoms. The van der Waals surface area contributed by atoms with Gasteiger partial charge in [0.2, 0.25) is 5.78 Å². The van der Waals surface area contributed by atoms with E-state index in [4.69, 9.17) is 0 Å². The molecular weight excluding hydrogens is 294 g/mol. The van der Waals surface area contributed by atoms with Crippen LogP contribution in [0.5, 0.6) is 0 Å². The summed E-state index contributed by atoms with van der Waals surface area (Å²) in [6.07, 6.45) is 3.33. The maximum Gasteiger partial charge on any atom is 0.214 e. The summed E-state index contributed by atoms with van der Waals surface area (Å²) in [7, 11) is 0. The molecule has 0 spiro atoms. The molecule has 0 bridgehead atoms. The van der Waals surface area contributed by atoms with Crippen molar-refractivity contribution in [3.05, 3.63) is 46.0 Å². The number of nitrogens with zero attached hydrogens (tertiary/aromatic N) is 3. The smallest absolute Gasteiger partial charge is 0.214 e. The van der Waals surface area contributed by atoms with E-state index in [0.717, 1.165) is 5.69 Å². The zero-order chi connectivity index (χ0) is 13.3. The topological polar surface area (TPSA) is 47.8 Å². The molecule has 2 heterocycles. The van der Waals surface area contributed by atoms with Gasteiger partial charge in [-0.2, -0.15) is 5.10 Å². The van der Waals surface area contributed by atoms with Crippen molar-refractivity contribution < 1.29 is 4.79 Å². The maximum atomic E-state index is 12.5. The highest BCUT2D eigenvalue weighted by atomic mass is 79.9. The Morgan fingerprint density at radius 3 is 2.78 bits per heavy atom. The molecule has 4 nitrogen and oxygen atoms in total. The molecule has 0 fully saturated rings. The van der Waals surface area contributed by atoms with Crippen LogP contribution in [0.25, 0.3) is 0 Å². The van der Waals surface area contributed by atoms with Crippen LogP contribution in [0.15, 0.2) is 29.0 Å². The van der Waals surface area contributed by atoms with E-state index in [1.807, 2.05) is 20.8 Å². The van der Waals surface area contributed by atoms with Gasteiger partial charge in [-0.25, -0.2) is 0 Å². The van der Waals surface area contributed by atoms with Gasteiger partial charge >= 0.3 is 0 Å². The minimum Gasteiger partial charge on any atom is -0.287 e. The van der Waals surface area contributed by atoms with Gasteiger partial charge in [0.15, 0.2) is 0 Å². The highest BCUT2D eigenvalue weighted by molar-refractivity contribution is 9.10. The first-order valence-electron chi connectivity index (χ1n) is 5.71. The number of ketones is 1. The first kappa shape index (κ1) is 13.0. The molecule has 0 saturated heterocycles. The van der Waals surface area contributed by atoms with E-state index in [-0.39, 0.29) is 11.8 Å². The zero-order valence-electron chi connectivity index (χ0n) is 10.5. The Morgan fingerprint density at radius 1 is 1.44 bits per heavy atom. The number of carbonyl (C=O) groups excluding carboxylic acids is 1. The van der Waals surface area contributed by atoms with Gasteiger partial charge < -0.3 is 0 Å². The SMILES string of the molecule is Cc1ncccc1C(=O)c1c(Br)cnn1C(C)C. The Bertz CT molecular complexity index is 590. The van der Waals surface area contributed by atoms with E-state index in [1.165, 1.54) is 0 Å². The third kappa shape index (κ3) is 2.22. The van der Waals surface area contributed by atoms with E-state index in [1.54, 1.807) is 29.2 Å². The van der Waals surface area contributed by atoms with Crippen LogP contribution in [0.3, 0.4) is 0 Å². The molecule has 0 amide bonds. The van der Waals surface area contributed by atoms with Crippen molar-refractivity contribution in [2.75, 3.05) is 0 Å². The molecule has 0 aromatic carbocycles. The van der Waals surface area contributed by atoms with Crippen LogP contribution in [0.1, 0.15) is 41.6 Å². The molecule has 0 aliphatic heterocycles. The second-order valence-corrected chi connectivity index (χ2v) is 5.20.